The lowest BCUT2D eigenvalue weighted by Crippen LogP contribution is -2.39. The van der Waals surface area contributed by atoms with Crippen LogP contribution in [-0.4, -0.2) is 36.5 Å². The van der Waals surface area contributed by atoms with Crippen LogP contribution in [0.3, 0.4) is 0 Å². The minimum atomic E-state index is -0.361. The fourth-order valence-corrected chi connectivity index (χ4v) is 2.32. The van der Waals surface area contributed by atoms with Crippen LogP contribution in [0.1, 0.15) is 35.7 Å². The van der Waals surface area contributed by atoms with E-state index in [1.165, 1.54) is 12.8 Å². The van der Waals surface area contributed by atoms with Crippen molar-refractivity contribution in [1.82, 2.24) is 10.2 Å². The number of likely N-dealkylation sites (N-methyl/N-ethyl adjacent to an activating group) is 1. The first-order valence-electron chi connectivity index (χ1n) is 6.90. The number of benzene rings is 1. The molecule has 1 aliphatic carbocycles. The van der Waals surface area contributed by atoms with Gasteiger partial charge in [0, 0.05) is 30.7 Å². The Bertz CT molecular complexity index is 443. The lowest BCUT2D eigenvalue weighted by Gasteiger charge is -2.24. The number of carbonyl (C=O) groups is 1. The van der Waals surface area contributed by atoms with Crippen molar-refractivity contribution in [2.45, 2.75) is 38.4 Å². The second kappa shape index (κ2) is 6.17. The van der Waals surface area contributed by atoms with E-state index in [0.29, 0.717) is 18.2 Å². The van der Waals surface area contributed by atoms with Gasteiger partial charge in [-0.2, -0.15) is 0 Å². The van der Waals surface area contributed by atoms with E-state index >= 15 is 0 Å². The largest absolute Gasteiger partial charge is 0.366 e. The first kappa shape index (κ1) is 14.0. The molecule has 4 nitrogen and oxygen atoms in total. The van der Waals surface area contributed by atoms with Gasteiger partial charge in [0.2, 0.25) is 5.91 Å². The van der Waals surface area contributed by atoms with Gasteiger partial charge in [-0.3, -0.25) is 9.69 Å². The highest BCUT2D eigenvalue weighted by Gasteiger charge is 2.28. The Hall–Kier alpha value is -1.39. The Labute approximate surface area is 115 Å². The van der Waals surface area contributed by atoms with Crippen molar-refractivity contribution in [3.05, 3.63) is 35.4 Å². The van der Waals surface area contributed by atoms with Crippen molar-refractivity contribution in [3.8, 4) is 0 Å². The van der Waals surface area contributed by atoms with Gasteiger partial charge >= 0.3 is 0 Å². The van der Waals surface area contributed by atoms with Gasteiger partial charge in [-0.05, 0) is 38.4 Å². The minimum absolute atomic E-state index is 0.361. The van der Waals surface area contributed by atoms with Crippen LogP contribution in [0.4, 0.5) is 0 Å². The number of nitrogens with one attached hydrogen (secondary N) is 1. The van der Waals surface area contributed by atoms with E-state index in [-0.39, 0.29) is 5.91 Å². The Kier molecular flexibility index (Phi) is 4.56. The molecule has 104 valence electrons. The molecule has 1 atom stereocenters. The van der Waals surface area contributed by atoms with Crippen molar-refractivity contribution < 1.29 is 4.79 Å². The van der Waals surface area contributed by atoms with Gasteiger partial charge < -0.3 is 11.1 Å². The van der Waals surface area contributed by atoms with Crippen molar-refractivity contribution >= 4 is 5.91 Å². The number of amides is 1. The van der Waals surface area contributed by atoms with Gasteiger partial charge in [-0.15, -0.1) is 0 Å². The summed E-state index contributed by atoms with van der Waals surface area (Å²) in [6.07, 6.45) is 2.65. The molecule has 1 amide bonds. The number of carbonyl (C=O) groups excluding carboxylic acids is 1. The summed E-state index contributed by atoms with van der Waals surface area (Å²) >= 11 is 0. The number of primary amides is 1. The highest BCUT2D eigenvalue weighted by Crippen LogP contribution is 2.26. The maximum Gasteiger partial charge on any atom is 0.249 e. The molecule has 0 spiro atoms. The second-order valence-electron chi connectivity index (χ2n) is 5.40. The summed E-state index contributed by atoms with van der Waals surface area (Å²) in [7, 11) is 2.18. The van der Waals surface area contributed by atoms with Crippen molar-refractivity contribution in [3.63, 3.8) is 0 Å². The van der Waals surface area contributed by atoms with Crippen molar-refractivity contribution in [1.29, 1.82) is 0 Å². The predicted molar refractivity (Wildman–Crippen MR) is 76.9 cm³/mol. The van der Waals surface area contributed by atoms with Crippen molar-refractivity contribution in [2.75, 3.05) is 13.6 Å². The average molecular weight is 261 g/mol. The zero-order valence-corrected chi connectivity index (χ0v) is 11.7. The summed E-state index contributed by atoms with van der Waals surface area (Å²) in [4.78, 5) is 13.7. The molecule has 4 heteroatoms. The Balaban J connectivity index is 1.83. The smallest absolute Gasteiger partial charge is 0.249 e. The Morgan fingerprint density at radius 1 is 1.47 bits per heavy atom. The number of hydrogen-bond acceptors (Lipinski definition) is 3. The summed E-state index contributed by atoms with van der Waals surface area (Å²) in [5.41, 5.74) is 6.95. The first-order chi connectivity index (χ1) is 9.09. The van der Waals surface area contributed by atoms with E-state index in [4.69, 9.17) is 5.73 Å². The third-order valence-electron chi connectivity index (χ3n) is 3.86. The Morgan fingerprint density at radius 2 is 2.16 bits per heavy atom. The lowest BCUT2D eigenvalue weighted by molar-refractivity contribution is 0.0999. The molecule has 1 aromatic carbocycles. The quantitative estimate of drug-likeness (QED) is 0.779. The molecular weight excluding hydrogens is 238 g/mol. The average Bonchev–Trinajstić information content (AvgIpc) is 3.22. The summed E-state index contributed by atoms with van der Waals surface area (Å²) in [6, 6.07) is 8.78. The van der Waals surface area contributed by atoms with Crippen LogP contribution in [0.5, 0.6) is 0 Å². The van der Waals surface area contributed by atoms with Crippen LogP contribution in [0.15, 0.2) is 24.3 Å². The van der Waals surface area contributed by atoms with E-state index in [1.54, 1.807) is 6.07 Å². The molecule has 1 unspecified atom stereocenters. The lowest BCUT2D eigenvalue weighted by atomic mass is 10.1. The summed E-state index contributed by atoms with van der Waals surface area (Å²) in [5, 5.41) is 3.41. The zero-order valence-electron chi connectivity index (χ0n) is 11.7. The van der Waals surface area contributed by atoms with Gasteiger partial charge in [-0.1, -0.05) is 18.2 Å². The third kappa shape index (κ3) is 3.78. The molecule has 0 aromatic heterocycles. The molecule has 0 radical (unpaired) electrons. The van der Waals surface area contributed by atoms with E-state index in [2.05, 4.69) is 24.2 Å². The van der Waals surface area contributed by atoms with Crippen LogP contribution >= 0.6 is 0 Å². The third-order valence-corrected chi connectivity index (χ3v) is 3.86. The molecular formula is C15H23N3O. The summed E-state index contributed by atoms with van der Waals surface area (Å²) in [6.45, 7) is 3.83. The molecule has 3 N–H and O–H groups in total. The standard InChI is InChI=1S/C15H23N3O/c1-11(18(2)13-7-8-13)9-17-10-12-5-3-4-6-14(12)15(16)19/h3-6,11,13,17H,7-10H2,1-2H3,(H2,16,19). The van der Waals surface area contributed by atoms with Gasteiger partial charge in [0.25, 0.3) is 0 Å². The maximum absolute atomic E-state index is 11.3. The van der Waals surface area contributed by atoms with Crippen LogP contribution in [-0.2, 0) is 6.54 Å². The topological polar surface area (TPSA) is 58.4 Å². The number of nitrogens with two attached hydrogens (primary N) is 1. The number of hydrogen-bond donors (Lipinski definition) is 2. The van der Waals surface area contributed by atoms with Gasteiger partial charge in [0.15, 0.2) is 0 Å². The van der Waals surface area contributed by atoms with E-state index in [9.17, 15) is 4.79 Å². The zero-order chi connectivity index (χ0) is 13.8. The Morgan fingerprint density at radius 3 is 2.79 bits per heavy atom. The monoisotopic (exact) mass is 261 g/mol. The molecule has 0 heterocycles. The minimum Gasteiger partial charge on any atom is -0.366 e. The highest BCUT2D eigenvalue weighted by molar-refractivity contribution is 5.94. The van der Waals surface area contributed by atoms with Gasteiger partial charge in [0.1, 0.15) is 0 Å². The molecule has 2 rings (SSSR count). The molecule has 1 aliphatic rings. The molecule has 0 aliphatic heterocycles. The normalized spacial score (nSPS) is 16.6. The van der Waals surface area contributed by atoms with E-state index in [1.807, 2.05) is 18.2 Å². The van der Waals surface area contributed by atoms with E-state index in [0.717, 1.165) is 18.2 Å². The van der Waals surface area contributed by atoms with E-state index < -0.39 is 0 Å². The van der Waals surface area contributed by atoms with Crippen molar-refractivity contribution in [2.24, 2.45) is 5.73 Å². The summed E-state index contributed by atoms with van der Waals surface area (Å²) in [5.74, 6) is -0.361. The van der Waals surface area contributed by atoms with Gasteiger partial charge in [-0.25, -0.2) is 0 Å². The molecule has 1 fully saturated rings. The molecule has 0 saturated heterocycles. The fraction of sp³-hybridized carbons (Fsp3) is 0.533. The number of rotatable bonds is 7. The molecule has 1 aromatic rings. The van der Waals surface area contributed by atoms with Crippen LogP contribution in [0.25, 0.3) is 0 Å². The molecule has 1 saturated carbocycles. The molecule has 0 bridgehead atoms. The van der Waals surface area contributed by atoms with Crippen LogP contribution < -0.4 is 11.1 Å². The predicted octanol–water partition coefficient (Wildman–Crippen LogP) is 1.36. The maximum atomic E-state index is 11.3. The SMILES string of the molecule is CC(CNCc1ccccc1C(N)=O)N(C)C1CC1. The fourth-order valence-electron chi connectivity index (χ4n) is 2.32. The highest BCUT2D eigenvalue weighted by atomic mass is 16.1. The molecule has 19 heavy (non-hydrogen) atoms. The van der Waals surface area contributed by atoms with Crippen LogP contribution in [0.2, 0.25) is 0 Å². The second-order valence-corrected chi connectivity index (χ2v) is 5.40. The van der Waals surface area contributed by atoms with Crippen LogP contribution in [0, 0.1) is 0 Å². The summed E-state index contributed by atoms with van der Waals surface area (Å²) < 4.78 is 0. The first-order valence-corrected chi connectivity index (χ1v) is 6.90. The number of nitrogens with zero attached hydrogens (tertiary/aromatic N) is 1. The van der Waals surface area contributed by atoms with Gasteiger partial charge in [0.05, 0.1) is 0 Å².